The van der Waals surface area contributed by atoms with Gasteiger partial charge in [0.1, 0.15) is 0 Å². The maximum absolute atomic E-state index is 13.4. The fourth-order valence-corrected chi connectivity index (χ4v) is 1.25. The van der Waals surface area contributed by atoms with Gasteiger partial charge in [0, 0.05) is 13.1 Å². The van der Waals surface area contributed by atoms with Crippen molar-refractivity contribution in [3.05, 3.63) is 12.0 Å². The van der Waals surface area contributed by atoms with Gasteiger partial charge in [-0.05, 0) is 12.3 Å². The Kier molecular flexibility index (Phi) is 5.77. The minimum atomic E-state index is -0.536. The monoisotopic (exact) mass is 256 g/mol. The number of aliphatic hydroxyl groups is 1. The number of aliphatic hydroxyl groups excluding tert-OH is 1. The highest BCUT2D eigenvalue weighted by atomic mass is 19.1. The van der Waals surface area contributed by atoms with E-state index >= 15 is 0 Å². The molecular weight excluding hydrogens is 235 g/mol. The molecule has 0 radical (unpaired) electrons. The smallest absolute Gasteiger partial charge is 0.224 e. The van der Waals surface area contributed by atoms with Crippen LogP contribution in [0.25, 0.3) is 0 Å². The van der Waals surface area contributed by atoms with Crippen molar-refractivity contribution in [1.82, 2.24) is 9.97 Å². The van der Waals surface area contributed by atoms with Crippen molar-refractivity contribution in [3.8, 4) is 0 Å². The van der Waals surface area contributed by atoms with E-state index < -0.39 is 11.9 Å². The maximum atomic E-state index is 13.4. The van der Waals surface area contributed by atoms with E-state index in [0.717, 1.165) is 19.2 Å². The minimum Gasteiger partial charge on any atom is -0.391 e. The zero-order valence-corrected chi connectivity index (χ0v) is 11.1. The highest BCUT2D eigenvalue weighted by Crippen LogP contribution is 2.12. The van der Waals surface area contributed by atoms with Gasteiger partial charge in [-0.25, -0.2) is 9.37 Å². The number of anilines is 2. The van der Waals surface area contributed by atoms with Crippen LogP contribution in [-0.2, 0) is 0 Å². The van der Waals surface area contributed by atoms with Crippen molar-refractivity contribution in [2.24, 2.45) is 5.92 Å². The van der Waals surface area contributed by atoms with E-state index in [1.807, 2.05) is 20.8 Å². The Hall–Kier alpha value is -1.43. The molecule has 102 valence electrons. The van der Waals surface area contributed by atoms with Gasteiger partial charge in [0.2, 0.25) is 5.95 Å². The molecular formula is C12H21FN4O. The van der Waals surface area contributed by atoms with Gasteiger partial charge in [-0.15, -0.1) is 0 Å². The van der Waals surface area contributed by atoms with Crippen molar-refractivity contribution in [3.63, 3.8) is 0 Å². The molecule has 1 aromatic heterocycles. The minimum absolute atomic E-state index is 0.111. The Labute approximate surface area is 107 Å². The van der Waals surface area contributed by atoms with E-state index in [2.05, 4.69) is 20.6 Å². The number of hydrogen-bond donors (Lipinski definition) is 3. The summed E-state index contributed by atoms with van der Waals surface area (Å²) in [6.07, 6.45) is 1.52. The summed E-state index contributed by atoms with van der Waals surface area (Å²) in [5.74, 6) is 0.0937. The number of nitrogens with one attached hydrogen (secondary N) is 2. The topological polar surface area (TPSA) is 70.1 Å². The first-order valence-electron chi connectivity index (χ1n) is 6.23. The van der Waals surface area contributed by atoms with Crippen LogP contribution in [0.15, 0.2) is 6.20 Å². The Morgan fingerprint density at radius 2 is 2.11 bits per heavy atom. The summed E-state index contributed by atoms with van der Waals surface area (Å²) >= 11 is 0. The lowest BCUT2D eigenvalue weighted by Crippen LogP contribution is -2.25. The third kappa shape index (κ3) is 4.44. The van der Waals surface area contributed by atoms with E-state index in [1.165, 1.54) is 0 Å². The van der Waals surface area contributed by atoms with Gasteiger partial charge in [0.05, 0.1) is 12.3 Å². The molecule has 0 aromatic carbocycles. The number of nitrogens with zero attached hydrogens (tertiary/aromatic N) is 2. The van der Waals surface area contributed by atoms with E-state index in [-0.39, 0.29) is 18.3 Å². The van der Waals surface area contributed by atoms with Gasteiger partial charge in [0.15, 0.2) is 11.6 Å². The van der Waals surface area contributed by atoms with Crippen LogP contribution >= 0.6 is 0 Å². The molecule has 5 nitrogen and oxygen atoms in total. The van der Waals surface area contributed by atoms with E-state index in [9.17, 15) is 9.50 Å². The van der Waals surface area contributed by atoms with Gasteiger partial charge in [-0.3, -0.25) is 0 Å². The Bertz CT molecular complexity index is 373. The fourth-order valence-electron chi connectivity index (χ4n) is 1.25. The molecule has 0 saturated heterocycles. The number of rotatable bonds is 7. The molecule has 1 aromatic rings. The second kappa shape index (κ2) is 7.10. The predicted octanol–water partition coefficient (Wildman–Crippen LogP) is 1.87. The first-order chi connectivity index (χ1) is 8.54. The quantitative estimate of drug-likeness (QED) is 0.694. The molecule has 3 N–H and O–H groups in total. The maximum Gasteiger partial charge on any atom is 0.224 e. The molecule has 0 fully saturated rings. The molecule has 0 bridgehead atoms. The lowest BCUT2D eigenvalue weighted by atomic mass is 10.1. The SMILES string of the molecule is CCCNc1ncc(F)c(NCC(O)C(C)C)n1. The second-order valence-electron chi connectivity index (χ2n) is 4.51. The molecule has 6 heteroatoms. The molecule has 1 rings (SSSR count). The molecule has 0 spiro atoms. The summed E-state index contributed by atoms with van der Waals surface area (Å²) in [6, 6.07) is 0. The molecule has 0 aliphatic carbocycles. The summed E-state index contributed by atoms with van der Waals surface area (Å²) < 4.78 is 13.4. The summed E-state index contributed by atoms with van der Waals surface area (Å²) in [4.78, 5) is 7.86. The zero-order valence-electron chi connectivity index (χ0n) is 11.1. The lowest BCUT2D eigenvalue weighted by molar-refractivity contribution is 0.137. The molecule has 0 amide bonds. The van der Waals surface area contributed by atoms with Crippen molar-refractivity contribution >= 4 is 11.8 Å². The number of hydrogen-bond acceptors (Lipinski definition) is 5. The van der Waals surface area contributed by atoms with E-state index in [1.54, 1.807) is 0 Å². The predicted molar refractivity (Wildman–Crippen MR) is 70.1 cm³/mol. The molecule has 1 atom stereocenters. The van der Waals surface area contributed by atoms with Crippen LogP contribution in [0.2, 0.25) is 0 Å². The summed E-state index contributed by atoms with van der Waals surface area (Å²) in [6.45, 7) is 6.82. The van der Waals surface area contributed by atoms with Gasteiger partial charge < -0.3 is 15.7 Å². The highest BCUT2D eigenvalue weighted by Gasteiger charge is 2.11. The van der Waals surface area contributed by atoms with E-state index in [0.29, 0.717) is 5.95 Å². The fraction of sp³-hybridized carbons (Fsp3) is 0.667. The number of halogens is 1. The first kappa shape index (κ1) is 14.6. The molecule has 0 aliphatic heterocycles. The van der Waals surface area contributed by atoms with Crippen LogP contribution in [0.4, 0.5) is 16.2 Å². The first-order valence-corrected chi connectivity index (χ1v) is 6.23. The van der Waals surface area contributed by atoms with Crippen LogP contribution < -0.4 is 10.6 Å². The average Bonchev–Trinajstić information content (AvgIpc) is 2.35. The normalized spacial score (nSPS) is 12.6. The molecule has 1 heterocycles. The summed E-state index contributed by atoms with van der Waals surface area (Å²) in [7, 11) is 0. The summed E-state index contributed by atoms with van der Waals surface area (Å²) in [5, 5.41) is 15.4. The van der Waals surface area contributed by atoms with E-state index in [4.69, 9.17) is 0 Å². The van der Waals surface area contributed by atoms with Crippen molar-refractivity contribution in [2.75, 3.05) is 23.7 Å². The standard InChI is InChI=1S/C12H21FN4O/c1-4-5-14-12-16-6-9(13)11(17-12)15-7-10(18)8(2)3/h6,8,10,18H,4-5,7H2,1-3H3,(H2,14,15,16,17). The molecule has 0 aliphatic rings. The van der Waals surface area contributed by atoms with Crippen LogP contribution in [-0.4, -0.2) is 34.3 Å². The van der Waals surface area contributed by atoms with Crippen LogP contribution in [0.5, 0.6) is 0 Å². The largest absolute Gasteiger partial charge is 0.391 e. The second-order valence-corrected chi connectivity index (χ2v) is 4.51. The highest BCUT2D eigenvalue weighted by molar-refractivity contribution is 5.41. The van der Waals surface area contributed by atoms with Crippen LogP contribution in [0, 0.1) is 11.7 Å². The summed E-state index contributed by atoms with van der Waals surface area (Å²) in [5.41, 5.74) is 0. The van der Waals surface area contributed by atoms with Gasteiger partial charge in [0.25, 0.3) is 0 Å². The zero-order chi connectivity index (χ0) is 13.5. The van der Waals surface area contributed by atoms with Gasteiger partial charge in [-0.2, -0.15) is 4.98 Å². The lowest BCUT2D eigenvalue weighted by Gasteiger charge is -2.16. The molecule has 1 unspecified atom stereocenters. The Morgan fingerprint density at radius 3 is 2.72 bits per heavy atom. The third-order valence-corrected chi connectivity index (χ3v) is 2.53. The van der Waals surface area contributed by atoms with Gasteiger partial charge >= 0.3 is 0 Å². The van der Waals surface area contributed by atoms with Crippen molar-refractivity contribution in [2.45, 2.75) is 33.3 Å². The van der Waals surface area contributed by atoms with Crippen LogP contribution in [0.3, 0.4) is 0 Å². The van der Waals surface area contributed by atoms with Gasteiger partial charge in [-0.1, -0.05) is 20.8 Å². The molecule has 0 saturated carbocycles. The Balaban J connectivity index is 2.63. The van der Waals surface area contributed by atoms with Crippen molar-refractivity contribution < 1.29 is 9.50 Å². The number of aromatic nitrogens is 2. The van der Waals surface area contributed by atoms with Crippen LogP contribution in [0.1, 0.15) is 27.2 Å². The average molecular weight is 256 g/mol. The third-order valence-electron chi connectivity index (χ3n) is 2.53. The molecule has 18 heavy (non-hydrogen) atoms. The van der Waals surface area contributed by atoms with Crippen molar-refractivity contribution in [1.29, 1.82) is 0 Å². The Morgan fingerprint density at radius 1 is 1.39 bits per heavy atom.